The molecule has 2 aromatic carbocycles. The lowest BCUT2D eigenvalue weighted by molar-refractivity contribution is -0.119. The van der Waals surface area contributed by atoms with Crippen LogP contribution in [0.2, 0.25) is 0 Å². The van der Waals surface area contributed by atoms with Crippen molar-refractivity contribution >= 4 is 34.2 Å². The zero-order chi connectivity index (χ0) is 22.6. The number of benzene rings is 2. The molecule has 8 nitrogen and oxygen atoms in total. The fourth-order valence-corrected chi connectivity index (χ4v) is 4.80. The van der Waals surface area contributed by atoms with Crippen molar-refractivity contribution in [1.82, 2.24) is 29.8 Å². The van der Waals surface area contributed by atoms with Gasteiger partial charge in [-0.2, -0.15) is 4.52 Å². The van der Waals surface area contributed by atoms with Crippen LogP contribution in [-0.2, 0) is 16.1 Å². The molecule has 1 fully saturated rings. The van der Waals surface area contributed by atoms with Gasteiger partial charge in [-0.25, -0.2) is 9.97 Å². The van der Waals surface area contributed by atoms with Gasteiger partial charge in [-0.1, -0.05) is 54.2 Å². The number of para-hydroxylation sites is 1. The molecule has 1 N–H and O–H groups in total. The molecule has 3 heterocycles. The van der Waals surface area contributed by atoms with E-state index < -0.39 is 0 Å². The number of hydrogen-bond acceptors (Lipinski definition) is 7. The lowest BCUT2D eigenvalue weighted by Gasteiger charge is -2.33. The van der Waals surface area contributed by atoms with Crippen molar-refractivity contribution < 1.29 is 9.53 Å². The van der Waals surface area contributed by atoms with E-state index in [1.165, 1.54) is 17.3 Å². The third-order valence-electron chi connectivity index (χ3n) is 5.59. The Kier molecular flexibility index (Phi) is 6.52. The fourth-order valence-electron chi connectivity index (χ4n) is 4.02. The monoisotopic (exact) mass is 462 g/mol. The summed E-state index contributed by atoms with van der Waals surface area (Å²) in [6.07, 6.45) is -0.0140. The van der Waals surface area contributed by atoms with E-state index in [-0.39, 0.29) is 17.8 Å². The molecule has 0 bridgehead atoms. The van der Waals surface area contributed by atoms with Gasteiger partial charge in [0.05, 0.1) is 24.0 Å². The van der Waals surface area contributed by atoms with Gasteiger partial charge in [0.25, 0.3) is 0 Å². The molecule has 9 heteroatoms. The van der Waals surface area contributed by atoms with Gasteiger partial charge < -0.3 is 10.1 Å². The summed E-state index contributed by atoms with van der Waals surface area (Å²) in [5, 5.41) is 9.08. The van der Waals surface area contributed by atoms with E-state index in [4.69, 9.17) is 9.72 Å². The highest BCUT2D eigenvalue weighted by atomic mass is 32.2. The summed E-state index contributed by atoms with van der Waals surface area (Å²) >= 11 is 1.36. The largest absolute Gasteiger partial charge is 0.374 e. The summed E-state index contributed by atoms with van der Waals surface area (Å²) in [5.74, 6) is 0.873. The third kappa shape index (κ3) is 5.16. The highest BCUT2D eigenvalue weighted by molar-refractivity contribution is 7.99. The van der Waals surface area contributed by atoms with Crippen LogP contribution >= 0.6 is 11.8 Å². The topological polar surface area (TPSA) is 84.7 Å². The third-order valence-corrected chi connectivity index (χ3v) is 6.52. The van der Waals surface area contributed by atoms with Crippen LogP contribution in [-0.4, -0.2) is 68.5 Å². The van der Waals surface area contributed by atoms with Gasteiger partial charge in [0.1, 0.15) is 5.82 Å². The Bertz CT molecular complexity index is 1260. The Morgan fingerprint density at radius 1 is 1.15 bits per heavy atom. The SMILES string of the molecule is Cc1nc2c3ccccc3nc(SCC(=O)NCC3CN(Cc4ccccc4)CCO3)n2n1. The van der Waals surface area contributed by atoms with Crippen molar-refractivity contribution in [3.05, 3.63) is 66.0 Å². The molecule has 4 aromatic rings. The number of aryl methyl sites for hydroxylation is 1. The number of nitrogens with zero attached hydrogens (tertiary/aromatic N) is 5. The standard InChI is InChI=1S/C24H26N6O2S/c1-17-26-23-20-9-5-6-10-21(20)27-24(30(23)28-17)33-16-22(31)25-13-19-15-29(11-12-32-19)14-18-7-3-2-4-8-18/h2-10,19H,11-16H2,1H3,(H,25,31). The van der Waals surface area contributed by atoms with Gasteiger partial charge in [-0.15, -0.1) is 5.10 Å². The summed E-state index contributed by atoms with van der Waals surface area (Å²) in [4.78, 5) is 24.2. The number of nitrogens with one attached hydrogen (secondary N) is 1. The van der Waals surface area contributed by atoms with Crippen LogP contribution in [0, 0.1) is 6.92 Å². The quantitative estimate of drug-likeness (QED) is 0.334. The summed E-state index contributed by atoms with van der Waals surface area (Å²) < 4.78 is 7.59. The number of carbonyl (C=O) groups is 1. The summed E-state index contributed by atoms with van der Waals surface area (Å²) in [5.41, 5.74) is 2.89. The minimum Gasteiger partial charge on any atom is -0.374 e. The second kappa shape index (κ2) is 9.86. The van der Waals surface area contributed by atoms with E-state index in [0.29, 0.717) is 24.1 Å². The number of amides is 1. The van der Waals surface area contributed by atoms with Crippen LogP contribution in [0.15, 0.2) is 59.8 Å². The molecule has 1 atom stereocenters. The molecule has 1 aliphatic heterocycles. The minimum atomic E-state index is -0.0521. The lowest BCUT2D eigenvalue weighted by Crippen LogP contribution is -2.47. The van der Waals surface area contributed by atoms with Gasteiger partial charge in [-0.3, -0.25) is 9.69 Å². The van der Waals surface area contributed by atoms with Crippen molar-refractivity contribution in [2.75, 3.05) is 32.0 Å². The first-order valence-electron chi connectivity index (χ1n) is 11.1. The molecule has 2 aromatic heterocycles. The Morgan fingerprint density at radius 3 is 2.85 bits per heavy atom. The van der Waals surface area contributed by atoms with E-state index in [1.54, 1.807) is 4.52 Å². The molecular weight excluding hydrogens is 436 g/mol. The van der Waals surface area contributed by atoms with Gasteiger partial charge in [-0.05, 0) is 24.6 Å². The Hall–Kier alpha value is -3.01. The summed E-state index contributed by atoms with van der Waals surface area (Å²) in [6, 6.07) is 18.3. The van der Waals surface area contributed by atoms with Crippen LogP contribution < -0.4 is 5.32 Å². The second-order valence-electron chi connectivity index (χ2n) is 8.11. The molecule has 170 valence electrons. The van der Waals surface area contributed by atoms with Gasteiger partial charge in [0, 0.05) is 31.6 Å². The highest BCUT2D eigenvalue weighted by Crippen LogP contribution is 2.23. The van der Waals surface area contributed by atoms with Crippen LogP contribution in [0.4, 0.5) is 0 Å². The zero-order valence-electron chi connectivity index (χ0n) is 18.5. The van der Waals surface area contributed by atoms with Crippen molar-refractivity contribution in [3.8, 4) is 0 Å². The maximum absolute atomic E-state index is 12.6. The maximum Gasteiger partial charge on any atom is 0.230 e. The predicted octanol–water partition coefficient (Wildman–Crippen LogP) is 2.70. The smallest absolute Gasteiger partial charge is 0.230 e. The number of fused-ring (bicyclic) bond motifs is 3. The number of morpholine rings is 1. The Labute approximate surface area is 196 Å². The number of hydrogen-bond donors (Lipinski definition) is 1. The number of rotatable bonds is 7. The molecule has 0 aliphatic carbocycles. The number of thioether (sulfide) groups is 1. The zero-order valence-corrected chi connectivity index (χ0v) is 19.3. The van der Waals surface area contributed by atoms with E-state index >= 15 is 0 Å². The van der Waals surface area contributed by atoms with E-state index in [0.717, 1.165) is 36.2 Å². The molecule has 5 rings (SSSR count). The van der Waals surface area contributed by atoms with E-state index in [9.17, 15) is 4.79 Å². The molecule has 1 saturated heterocycles. The van der Waals surface area contributed by atoms with Crippen LogP contribution in [0.1, 0.15) is 11.4 Å². The first kappa shape index (κ1) is 21.8. The van der Waals surface area contributed by atoms with Crippen molar-refractivity contribution in [2.24, 2.45) is 0 Å². The number of carbonyl (C=O) groups excluding carboxylic acids is 1. The molecule has 1 unspecified atom stereocenters. The number of aromatic nitrogens is 4. The lowest BCUT2D eigenvalue weighted by atomic mass is 10.2. The summed E-state index contributed by atoms with van der Waals surface area (Å²) in [6.45, 7) is 5.61. The fraction of sp³-hybridized carbons (Fsp3) is 0.333. The van der Waals surface area contributed by atoms with Crippen molar-refractivity contribution in [3.63, 3.8) is 0 Å². The van der Waals surface area contributed by atoms with Crippen LogP contribution in [0.5, 0.6) is 0 Å². The maximum atomic E-state index is 12.6. The molecule has 1 aliphatic rings. The van der Waals surface area contributed by atoms with Crippen molar-refractivity contribution in [1.29, 1.82) is 0 Å². The molecular formula is C24H26N6O2S. The normalized spacial score (nSPS) is 16.9. The Balaban J connectivity index is 1.17. The minimum absolute atomic E-state index is 0.0140. The van der Waals surface area contributed by atoms with Crippen LogP contribution in [0.25, 0.3) is 16.6 Å². The Morgan fingerprint density at radius 2 is 1.97 bits per heavy atom. The molecule has 33 heavy (non-hydrogen) atoms. The van der Waals surface area contributed by atoms with Gasteiger partial charge in [0.15, 0.2) is 10.8 Å². The van der Waals surface area contributed by atoms with E-state index in [2.05, 4.69) is 44.6 Å². The molecule has 1 amide bonds. The molecule has 0 spiro atoms. The first-order valence-corrected chi connectivity index (χ1v) is 12.0. The van der Waals surface area contributed by atoms with Crippen LogP contribution in [0.3, 0.4) is 0 Å². The average Bonchev–Trinajstić information content (AvgIpc) is 3.24. The van der Waals surface area contributed by atoms with Crippen molar-refractivity contribution in [2.45, 2.75) is 24.7 Å². The molecule has 0 saturated carbocycles. The first-order chi connectivity index (χ1) is 16.2. The molecule has 0 radical (unpaired) electrons. The highest BCUT2D eigenvalue weighted by Gasteiger charge is 2.21. The second-order valence-corrected chi connectivity index (χ2v) is 9.05. The predicted molar refractivity (Wildman–Crippen MR) is 128 cm³/mol. The van der Waals surface area contributed by atoms with Gasteiger partial charge in [0.2, 0.25) is 5.91 Å². The van der Waals surface area contributed by atoms with Gasteiger partial charge >= 0.3 is 0 Å². The summed E-state index contributed by atoms with van der Waals surface area (Å²) in [7, 11) is 0. The van der Waals surface area contributed by atoms with E-state index in [1.807, 2.05) is 37.3 Å². The number of ether oxygens (including phenoxy) is 1. The average molecular weight is 463 g/mol.